The molecule has 0 aliphatic rings. The van der Waals surface area contributed by atoms with Gasteiger partial charge in [-0.25, -0.2) is 4.39 Å². The van der Waals surface area contributed by atoms with Gasteiger partial charge < -0.3 is 4.74 Å². The van der Waals surface area contributed by atoms with Gasteiger partial charge in [-0.15, -0.1) is 0 Å². The highest BCUT2D eigenvalue weighted by Crippen LogP contribution is 2.05. The minimum atomic E-state index is -1.52. The van der Waals surface area contributed by atoms with E-state index in [1.165, 1.54) is 7.11 Å². The second kappa shape index (κ2) is 5.69. The molecule has 0 aromatic heterocycles. The summed E-state index contributed by atoms with van der Waals surface area (Å²) in [7, 11) is 1.17. The van der Waals surface area contributed by atoms with Crippen LogP contribution in [0.15, 0.2) is 0 Å². The zero-order chi connectivity index (χ0) is 9.56. The quantitative estimate of drug-likeness (QED) is 0.467. The van der Waals surface area contributed by atoms with Crippen LogP contribution in [0.4, 0.5) is 4.39 Å². The molecule has 0 rings (SSSR count). The number of rotatable bonds is 5. The fraction of sp³-hybridized carbons (Fsp3) is 0.750. The Morgan fingerprint density at radius 1 is 1.50 bits per heavy atom. The van der Waals surface area contributed by atoms with Crippen molar-refractivity contribution in [1.82, 2.24) is 0 Å². The molecule has 12 heavy (non-hydrogen) atoms. The van der Waals surface area contributed by atoms with Gasteiger partial charge in [0.1, 0.15) is 6.42 Å². The molecular weight excluding hydrogens is 163 g/mol. The zero-order valence-corrected chi connectivity index (χ0v) is 7.30. The molecule has 0 spiro atoms. The Balaban J connectivity index is 3.78. The number of ketones is 1. The average molecular weight is 176 g/mol. The number of hydrogen-bond donors (Lipinski definition) is 0. The molecular formula is C8H13FO3. The van der Waals surface area contributed by atoms with Crippen LogP contribution in [0.5, 0.6) is 0 Å². The van der Waals surface area contributed by atoms with Crippen molar-refractivity contribution in [2.45, 2.75) is 32.4 Å². The molecule has 1 atom stereocenters. The monoisotopic (exact) mass is 176 g/mol. The van der Waals surface area contributed by atoms with Crippen molar-refractivity contribution < 1.29 is 18.7 Å². The number of hydrogen-bond acceptors (Lipinski definition) is 3. The molecule has 0 bridgehead atoms. The molecule has 0 radical (unpaired) electrons. The van der Waals surface area contributed by atoms with E-state index in [4.69, 9.17) is 0 Å². The van der Waals surface area contributed by atoms with Crippen molar-refractivity contribution >= 4 is 11.8 Å². The van der Waals surface area contributed by atoms with Crippen LogP contribution in [0.1, 0.15) is 26.2 Å². The molecule has 0 amide bonds. The molecule has 0 aromatic rings. The van der Waals surface area contributed by atoms with Crippen LogP contribution in [0, 0.1) is 0 Å². The highest BCUT2D eigenvalue weighted by molar-refractivity contribution is 5.97. The third-order valence-corrected chi connectivity index (χ3v) is 1.44. The van der Waals surface area contributed by atoms with Gasteiger partial charge in [0, 0.05) is 0 Å². The standard InChI is InChI=1S/C8H13FO3/c1-3-4-6(9)7(10)5-8(11)12-2/h6H,3-5H2,1-2H3. The first-order valence-electron chi connectivity index (χ1n) is 3.85. The zero-order valence-electron chi connectivity index (χ0n) is 7.30. The summed E-state index contributed by atoms with van der Waals surface area (Å²) < 4.78 is 17.0. The molecule has 0 saturated carbocycles. The summed E-state index contributed by atoms with van der Waals surface area (Å²) in [5.41, 5.74) is 0. The van der Waals surface area contributed by atoms with Crippen LogP contribution < -0.4 is 0 Å². The second-order valence-corrected chi connectivity index (χ2v) is 2.48. The smallest absolute Gasteiger partial charge is 0.313 e. The van der Waals surface area contributed by atoms with Crippen LogP contribution in [0.25, 0.3) is 0 Å². The summed E-state index contributed by atoms with van der Waals surface area (Å²) >= 11 is 0. The molecule has 0 aromatic carbocycles. The van der Waals surface area contributed by atoms with E-state index in [9.17, 15) is 14.0 Å². The minimum Gasteiger partial charge on any atom is -0.469 e. The van der Waals surface area contributed by atoms with Crippen LogP contribution in [0.3, 0.4) is 0 Å². The maximum atomic E-state index is 12.7. The Labute approximate surface area is 70.9 Å². The number of Topliss-reactive ketones (excluding diaryl/α,β-unsaturated/α-hetero) is 1. The van der Waals surface area contributed by atoms with E-state index in [1.807, 2.05) is 0 Å². The summed E-state index contributed by atoms with van der Waals surface area (Å²) in [5.74, 6) is -1.37. The molecule has 0 fully saturated rings. The number of carbonyl (C=O) groups is 2. The first-order valence-corrected chi connectivity index (χ1v) is 3.85. The fourth-order valence-electron chi connectivity index (χ4n) is 0.740. The summed E-state index contributed by atoms with van der Waals surface area (Å²) in [6.45, 7) is 1.78. The third-order valence-electron chi connectivity index (χ3n) is 1.44. The number of halogens is 1. The fourth-order valence-corrected chi connectivity index (χ4v) is 0.740. The van der Waals surface area contributed by atoms with E-state index < -0.39 is 24.3 Å². The number of carbonyl (C=O) groups excluding carboxylic acids is 2. The Bertz CT molecular complexity index is 168. The van der Waals surface area contributed by atoms with Crippen LogP contribution in [-0.2, 0) is 14.3 Å². The second-order valence-electron chi connectivity index (χ2n) is 2.48. The normalized spacial score (nSPS) is 12.2. The highest BCUT2D eigenvalue weighted by atomic mass is 19.1. The minimum absolute atomic E-state index is 0.176. The number of esters is 1. The van der Waals surface area contributed by atoms with Gasteiger partial charge in [-0.05, 0) is 6.42 Å². The van der Waals surface area contributed by atoms with Gasteiger partial charge in [0.2, 0.25) is 0 Å². The van der Waals surface area contributed by atoms with Crippen LogP contribution in [-0.4, -0.2) is 25.0 Å². The van der Waals surface area contributed by atoms with Crippen LogP contribution >= 0.6 is 0 Å². The average Bonchev–Trinajstić information content (AvgIpc) is 2.04. The van der Waals surface area contributed by atoms with Gasteiger partial charge >= 0.3 is 5.97 Å². The molecule has 0 aliphatic carbocycles. The first kappa shape index (κ1) is 11.1. The third kappa shape index (κ3) is 4.05. The van der Waals surface area contributed by atoms with Gasteiger partial charge in [0.05, 0.1) is 7.11 Å². The first-order chi connectivity index (χ1) is 5.61. The van der Waals surface area contributed by atoms with Crippen molar-refractivity contribution in [2.24, 2.45) is 0 Å². The lowest BCUT2D eigenvalue weighted by molar-refractivity contribution is -0.144. The van der Waals surface area contributed by atoms with E-state index in [2.05, 4.69) is 4.74 Å². The molecule has 4 heteroatoms. The Kier molecular flexibility index (Phi) is 5.25. The number of methoxy groups -OCH3 is 1. The van der Waals surface area contributed by atoms with Crippen LogP contribution in [0.2, 0.25) is 0 Å². The van der Waals surface area contributed by atoms with Crippen molar-refractivity contribution in [3.05, 3.63) is 0 Å². The number of ether oxygens (including phenoxy) is 1. The molecule has 0 saturated heterocycles. The van der Waals surface area contributed by atoms with Crippen molar-refractivity contribution in [3.63, 3.8) is 0 Å². The van der Waals surface area contributed by atoms with E-state index in [-0.39, 0.29) is 6.42 Å². The lowest BCUT2D eigenvalue weighted by Crippen LogP contribution is -2.19. The van der Waals surface area contributed by atoms with Gasteiger partial charge in [0.25, 0.3) is 0 Å². The molecule has 70 valence electrons. The summed E-state index contributed by atoms with van der Waals surface area (Å²) in [4.78, 5) is 21.3. The van der Waals surface area contributed by atoms with E-state index >= 15 is 0 Å². The highest BCUT2D eigenvalue weighted by Gasteiger charge is 2.19. The Morgan fingerprint density at radius 2 is 2.08 bits per heavy atom. The van der Waals surface area contributed by atoms with Crippen molar-refractivity contribution in [3.8, 4) is 0 Å². The van der Waals surface area contributed by atoms with Gasteiger partial charge in [-0.1, -0.05) is 13.3 Å². The molecule has 0 aliphatic heterocycles. The summed E-state index contributed by atoms with van der Waals surface area (Å²) in [5, 5.41) is 0. The topological polar surface area (TPSA) is 43.4 Å². The van der Waals surface area contributed by atoms with Crippen molar-refractivity contribution in [1.29, 1.82) is 0 Å². The maximum absolute atomic E-state index is 12.7. The van der Waals surface area contributed by atoms with E-state index in [0.29, 0.717) is 6.42 Å². The van der Waals surface area contributed by atoms with Gasteiger partial charge in [0.15, 0.2) is 12.0 Å². The lowest BCUT2D eigenvalue weighted by atomic mass is 10.1. The Morgan fingerprint density at radius 3 is 2.50 bits per heavy atom. The molecule has 3 nitrogen and oxygen atoms in total. The maximum Gasteiger partial charge on any atom is 0.313 e. The molecule has 1 unspecified atom stereocenters. The largest absolute Gasteiger partial charge is 0.469 e. The Hall–Kier alpha value is -0.930. The predicted octanol–water partition coefficient (Wildman–Crippen LogP) is 1.26. The summed E-state index contributed by atoms with van der Waals surface area (Å²) in [6, 6.07) is 0. The van der Waals surface area contributed by atoms with E-state index in [0.717, 1.165) is 0 Å². The molecule has 0 heterocycles. The van der Waals surface area contributed by atoms with Gasteiger partial charge in [-0.3, -0.25) is 9.59 Å². The predicted molar refractivity (Wildman–Crippen MR) is 41.4 cm³/mol. The molecule has 0 N–H and O–H groups in total. The SMILES string of the molecule is CCCC(F)C(=O)CC(=O)OC. The number of alkyl halides is 1. The summed E-state index contributed by atoms with van der Waals surface area (Å²) in [6.07, 6.45) is -1.21. The van der Waals surface area contributed by atoms with Crippen molar-refractivity contribution in [2.75, 3.05) is 7.11 Å². The lowest BCUT2D eigenvalue weighted by Gasteiger charge is -2.03. The van der Waals surface area contributed by atoms with E-state index in [1.54, 1.807) is 6.92 Å². The van der Waals surface area contributed by atoms with Gasteiger partial charge in [-0.2, -0.15) is 0 Å².